The molecule has 0 spiro atoms. The van der Waals surface area contributed by atoms with Gasteiger partial charge in [-0.1, -0.05) is 23.7 Å². The quantitative estimate of drug-likeness (QED) is 0.820. The molecule has 0 fully saturated rings. The van der Waals surface area contributed by atoms with E-state index >= 15 is 0 Å². The van der Waals surface area contributed by atoms with Crippen molar-refractivity contribution < 1.29 is 22.7 Å². The summed E-state index contributed by atoms with van der Waals surface area (Å²) < 4.78 is 45.8. The Kier molecular flexibility index (Phi) is 6.70. The summed E-state index contributed by atoms with van der Waals surface area (Å²) in [5, 5.41) is 4.38. The first-order valence-corrected chi connectivity index (χ1v) is 7.36. The first-order valence-electron chi connectivity index (χ1n) is 6.98. The highest BCUT2D eigenvalue weighted by Crippen LogP contribution is 2.18. The minimum absolute atomic E-state index is 0.0670. The van der Waals surface area contributed by atoms with E-state index in [9.17, 15) is 18.0 Å². The van der Waals surface area contributed by atoms with Gasteiger partial charge in [0.2, 0.25) is 0 Å². The van der Waals surface area contributed by atoms with Crippen LogP contribution in [0.2, 0.25) is 5.02 Å². The number of alkyl carbamates (subject to hydrolysis) is 1. The van der Waals surface area contributed by atoms with E-state index in [1.807, 2.05) is 5.32 Å². The summed E-state index contributed by atoms with van der Waals surface area (Å²) in [6.07, 6.45) is -0.918. The fraction of sp³-hybridized carbons (Fsp3) is 0.533. The van der Waals surface area contributed by atoms with Crippen LogP contribution in [-0.4, -0.2) is 30.7 Å². The normalized spacial score (nSPS) is 12.1. The number of hydrogen-bond acceptors (Lipinski definition) is 3. The second-order valence-corrected chi connectivity index (χ2v) is 6.44. The van der Waals surface area contributed by atoms with Crippen molar-refractivity contribution in [3.63, 3.8) is 0 Å². The molecule has 0 aliphatic heterocycles. The Morgan fingerprint density at radius 3 is 2.52 bits per heavy atom. The second-order valence-electron chi connectivity index (χ2n) is 6.03. The number of amides is 1. The molecule has 0 radical (unpaired) electrons. The zero-order valence-electron chi connectivity index (χ0n) is 13.2. The lowest BCUT2D eigenvalue weighted by Gasteiger charge is -2.22. The van der Waals surface area contributed by atoms with Crippen LogP contribution in [0, 0.1) is 5.82 Å². The van der Waals surface area contributed by atoms with Gasteiger partial charge in [-0.15, -0.1) is 0 Å². The summed E-state index contributed by atoms with van der Waals surface area (Å²) >= 11 is 5.61. The molecular weight excluding hydrogens is 333 g/mol. The predicted octanol–water partition coefficient (Wildman–Crippen LogP) is 3.73. The molecule has 0 saturated carbocycles. The Bertz CT molecular complexity index is 548. The zero-order chi connectivity index (χ0) is 17.7. The first-order chi connectivity index (χ1) is 10.5. The highest BCUT2D eigenvalue weighted by atomic mass is 35.5. The molecule has 23 heavy (non-hydrogen) atoms. The van der Waals surface area contributed by atoms with Gasteiger partial charge in [-0.2, -0.15) is 0 Å². The molecule has 0 aliphatic rings. The molecular formula is C15H20ClF3N2O2. The lowest BCUT2D eigenvalue weighted by atomic mass is 10.2. The topological polar surface area (TPSA) is 50.4 Å². The molecule has 0 heterocycles. The molecule has 8 heteroatoms. The maximum absolute atomic E-state index is 13.6. The summed E-state index contributed by atoms with van der Waals surface area (Å²) in [5.41, 5.74) is -0.574. The van der Waals surface area contributed by atoms with Gasteiger partial charge in [0.15, 0.2) is 0 Å². The Labute approximate surface area is 138 Å². The van der Waals surface area contributed by atoms with Crippen LogP contribution in [0.1, 0.15) is 26.3 Å². The Balaban J connectivity index is 2.41. The summed E-state index contributed by atoms with van der Waals surface area (Å²) in [6, 6.07) is 4.36. The van der Waals surface area contributed by atoms with Gasteiger partial charge in [-0.3, -0.25) is 0 Å². The van der Waals surface area contributed by atoms with Crippen molar-refractivity contribution in [2.24, 2.45) is 0 Å². The van der Waals surface area contributed by atoms with Crippen LogP contribution in [0.4, 0.5) is 18.0 Å². The van der Waals surface area contributed by atoms with E-state index in [0.717, 1.165) is 0 Å². The molecule has 2 N–H and O–H groups in total. The van der Waals surface area contributed by atoms with Crippen molar-refractivity contribution in [3.8, 4) is 0 Å². The number of halogens is 4. The van der Waals surface area contributed by atoms with Crippen LogP contribution in [0.3, 0.4) is 0 Å². The van der Waals surface area contributed by atoms with Gasteiger partial charge >= 0.3 is 6.09 Å². The minimum Gasteiger partial charge on any atom is -0.444 e. The van der Waals surface area contributed by atoms with E-state index in [2.05, 4.69) is 5.32 Å². The highest BCUT2D eigenvalue weighted by molar-refractivity contribution is 6.30. The smallest absolute Gasteiger partial charge is 0.407 e. The minimum atomic E-state index is -3.20. The summed E-state index contributed by atoms with van der Waals surface area (Å²) in [7, 11) is 0. The molecule has 1 aromatic rings. The van der Waals surface area contributed by atoms with Gasteiger partial charge in [0.1, 0.15) is 11.4 Å². The van der Waals surface area contributed by atoms with Crippen LogP contribution >= 0.6 is 11.6 Å². The van der Waals surface area contributed by atoms with Gasteiger partial charge in [0, 0.05) is 12.1 Å². The number of benzene rings is 1. The van der Waals surface area contributed by atoms with Crippen molar-refractivity contribution in [1.82, 2.24) is 10.6 Å². The lowest BCUT2D eigenvalue weighted by molar-refractivity contribution is -0.00380. The summed E-state index contributed by atoms with van der Waals surface area (Å²) in [4.78, 5) is 11.3. The van der Waals surface area contributed by atoms with Crippen molar-refractivity contribution in [3.05, 3.63) is 34.6 Å². The molecule has 1 amide bonds. The Morgan fingerprint density at radius 2 is 1.91 bits per heavy atom. The van der Waals surface area contributed by atoms with Crippen LogP contribution in [0.15, 0.2) is 18.2 Å². The zero-order valence-corrected chi connectivity index (χ0v) is 13.9. The maximum atomic E-state index is 13.6. The predicted molar refractivity (Wildman–Crippen MR) is 82.3 cm³/mol. The van der Waals surface area contributed by atoms with Gasteiger partial charge < -0.3 is 15.4 Å². The van der Waals surface area contributed by atoms with Gasteiger partial charge in [-0.05, 0) is 26.8 Å². The second kappa shape index (κ2) is 7.88. The molecule has 0 aromatic heterocycles. The van der Waals surface area contributed by atoms with E-state index in [0.29, 0.717) is 0 Å². The molecule has 4 nitrogen and oxygen atoms in total. The molecule has 0 unspecified atom stereocenters. The molecule has 0 aliphatic carbocycles. The maximum Gasteiger partial charge on any atom is 0.407 e. The summed E-state index contributed by atoms with van der Waals surface area (Å²) in [6.45, 7) is 3.18. The number of hydrogen-bond donors (Lipinski definition) is 2. The number of nitrogens with one attached hydrogen (secondary N) is 2. The van der Waals surface area contributed by atoms with Crippen molar-refractivity contribution in [1.29, 1.82) is 0 Å². The monoisotopic (exact) mass is 352 g/mol. The Hall–Kier alpha value is -1.47. The van der Waals surface area contributed by atoms with Crippen LogP contribution in [-0.2, 0) is 11.3 Å². The van der Waals surface area contributed by atoms with Gasteiger partial charge in [0.05, 0.1) is 18.1 Å². The van der Waals surface area contributed by atoms with Crippen LogP contribution in [0.25, 0.3) is 0 Å². The SMILES string of the molecule is CC(C)(C)OC(=O)NCC(F)(F)CNCc1cccc(Cl)c1F. The Morgan fingerprint density at radius 1 is 1.26 bits per heavy atom. The lowest BCUT2D eigenvalue weighted by Crippen LogP contribution is -2.44. The van der Waals surface area contributed by atoms with E-state index in [1.54, 1.807) is 20.8 Å². The molecule has 0 saturated heterocycles. The van der Waals surface area contributed by atoms with E-state index < -0.39 is 36.5 Å². The third-order valence-electron chi connectivity index (χ3n) is 2.62. The number of carbonyl (C=O) groups excluding carboxylic acids is 1. The van der Waals surface area contributed by atoms with E-state index in [4.69, 9.17) is 16.3 Å². The third-order valence-corrected chi connectivity index (χ3v) is 2.91. The molecule has 0 atom stereocenters. The van der Waals surface area contributed by atoms with Crippen molar-refractivity contribution in [2.75, 3.05) is 13.1 Å². The fourth-order valence-corrected chi connectivity index (χ4v) is 1.84. The largest absolute Gasteiger partial charge is 0.444 e. The number of rotatable bonds is 6. The highest BCUT2D eigenvalue weighted by Gasteiger charge is 2.30. The molecule has 1 rings (SSSR count). The first kappa shape index (κ1) is 19.6. The number of alkyl halides is 2. The number of ether oxygens (including phenoxy) is 1. The average molecular weight is 353 g/mol. The summed E-state index contributed by atoms with van der Waals surface area (Å²) in [5.74, 6) is -3.84. The van der Waals surface area contributed by atoms with E-state index in [1.165, 1.54) is 18.2 Å². The van der Waals surface area contributed by atoms with Gasteiger partial charge in [-0.25, -0.2) is 18.0 Å². The van der Waals surface area contributed by atoms with E-state index in [-0.39, 0.29) is 17.1 Å². The van der Waals surface area contributed by atoms with Crippen molar-refractivity contribution >= 4 is 17.7 Å². The molecule has 1 aromatic carbocycles. The standard InChI is InChI=1S/C15H20ClF3N2O2/c1-14(2,3)23-13(22)21-9-15(18,19)8-20-7-10-5-4-6-11(16)12(10)17/h4-6,20H,7-9H2,1-3H3,(H,21,22). The van der Waals surface area contributed by atoms with Gasteiger partial charge in [0.25, 0.3) is 5.92 Å². The third kappa shape index (κ3) is 7.56. The molecule has 130 valence electrons. The fourth-order valence-electron chi connectivity index (χ4n) is 1.64. The van der Waals surface area contributed by atoms with Crippen molar-refractivity contribution in [2.45, 2.75) is 38.8 Å². The average Bonchev–Trinajstić information content (AvgIpc) is 2.39. The van der Waals surface area contributed by atoms with Crippen LogP contribution < -0.4 is 10.6 Å². The number of carbonyl (C=O) groups is 1. The molecule has 0 bridgehead atoms. The van der Waals surface area contributed by atoms with Crippen LogP contribution in [0.5, 0.6) is 0 Å².